The van der Waals surface area contributed by atoms with Crippen molar-refractivity contribution in [3.8, 4) is 11.1 Å². The second-order valence-electron chi connectivity index (χ2n) is 9.49. The van der Waals surface area contributed by atoms with Crippen molar-refractivity contribution >= 4 is 41.0 Å². The lowest BCUT2D eigenvalue weighted by Gasteiger charge is -2.29. The van der Waals surface area contributed by atoms with Crippen LogP contribution in [0.5, 0.6) is 0 Å². The predicted octanol–water partition coefficient (Wildman–Crippen LogP) is 4.67. The number of hydrogen-bond donors (Lipinski definition) is 3. The summed E-state index contributed by atoms with van der Waals surface area (Å²) in [5.74, 6) is -2.15. The Hall–Kier alpha value is -5.02. The molecule has 1 aromatic heterocycles. The summed E-state index contributed by atoms with van der Waals surface area (Å²) in [4.78, 5) is 57.3. The number of fused-ring (bicyclic) bond motifs is 1. The summed E-state index contributed by atoms with van der Waals surface area (Å²) in [6.45, 7) is 0.0229. The number of carbonyl (C=O) groups excluding carboxylic acids is 3. The highest BCUT2D eigenvalue weighted by Gasteiger charge is 2.36. The number of pyridine rings is 1. The molecule has 1 aliphatic rings. The zero-order chi connectivity index (χ0) is 29.1. The van der Waals surface area contributed by atoms with Gasteiger partial charge in [-0.05, 0) is 71.3 Å². The van der Waals surface area contributed by atoms with Crippen LogP contribution in [0.4, 0.5) is 5.69 Å². The van der Waals surface area contributed by atoms with E-state index in [-0.39, 0.29) is 30.3 Å². The van der Waals surface area contributed by atoms with Crippen molar-refractivity contribution in [3.05, 3.63) is 118 Å². The molecule has 9 nitrogen and oxygen atoms in total. The van der Waals surface area contributed by atoms with Gasteiger partial charge in [0.15, 0.2) is 0 Å². The van der Waals surface area contributed by atoms with Crippen LogP contribution in [-0.2, 0) is 17.8 Å². The Morgan fingerprint density at radius 2 is 1.78 bits per heavy atom. The SMILES string of the molecule is CNC(=O)c1ccc(-c2cc(CN3C(=O)c4ccc(Cl)cc4NC(=O)C3Cc3ccccn3)ccc2C(=O)O)cc1. The number of aromatic carboxylic acids is 1. The van der Waals surface area contributed by atoms with Crippen molar-refractivity contribution in [1.29, 1.82) is 0 Å². The van der Waals surface area contributed by atoms with Crippen LogP contribution in [0.3, 0.4) is 0 Å². The lowest BCUT2D eigenvalue weighted by Crippen LogP contribution is -2.46. The average Bonchev–Trinajstić information content (AvgIpc) is 3.07. The standard InChI is InChI=1S/C31H25ClN4O5/c1-33-28(37)20-8-6-19(7-9-20)25-14-18(5-11-23(25)31(40)41)17-36-27(16-22-4-2-3-13-34-22)29(38)35-26-15-21(32)10-12-24(26)30(36)39/h2-15,27H,16-17H2,1H3,(H,33,37)(H,35,38)(H,40,41). The van der Waals surface area contributed by atoms with E-state index in [4.69, 9.17) is 11.6 Å². The lowest BCUT2D eigenvalue weighted by molar-refractivity contribution is -0.120. The maximum atomic E-state index is 13.9. The van der Waals surface area contributed by atoms with Gasteiger partial charge in [0.1, 0.15) is 6.04 Å². The molecule has 5 rings (SSSR count). The number of rotatable bonds is 7. The highest BCUT2D eigenvalue weighted by atomic mass is 35.5. The minimum absolute atomic E-state index is 0.0229. The molecule has 0 saturated carbocycles. The van der Waals surface area contributed by atoms with Crippen molar-refractivity contribution in [1.82, 2.24) is 15.2 Å². The second-order valence-corrected chi connectivity index (χ2v) is 9.93. The second kappa shape index (κ2) is 11.6. The number of aromatic nitrogens is 1. The normalized spacial score (nSPS) is 14.6. The Morgan fingerprint density at radius 3 is 2.46 bits per heavy atom. The summed E-state index contributed by atoms with van der Waals surface area (Å²) < 4.78 is 0. The number of carbonyl (C=O) groups is 4. The van der Waals surface area contributed by atoms with Gasteiger partial charge in [-0.2, -0.15) is 0 Å². The minimum Gasteiger partial charge on any atom is -0.478 e. The van der Waals surface area contributed by atoms with E-state index < -0.39 is 17.9 Å². The molecule has 1 aliphatic heterocycles. The van der Waals surface area contributed by atoms with E-state index in [1.807, 2.05) is 6.07 Å². The molecule has 0 spiro atoms. The van der Waals surface area contributed by atoms with Gasteiger partial charge in [0.2, 0.25) is 5.91 Å². The van der Waals surface area contributed by atoms with Crippen molar-refractivity contribution in [2.24, 2.45) is 0 Å². The number of anilines is 1. The largest absolute Gasteiger partial charge is 0.478 e. The number of benzene rings is 3. The predicted molar refractivity (Wildman–Crippen MR) is 154 cm³/mol. The van der Waals surface area contributed by atoms with E-state index in [2.05, 4.69) is 15.6 Å². The summed E-state index contributed by atoms with van der Waals surface area (Å²) in [5.41, 5.74) is 3.35. The van der Waals surface area contributed by atoms with Crippen molar-refractivity contribution in [2.45, 2.75) is 19.0 Å². The molecule has 2 heterocycles. The number of nitrogens with zero attached hydrogens (tertiary/aromatic N) is 2. The fourth-order valence-electron chi connectivity index (χ4n) is 4.82. The lowest BCUT2D eigenvalue weighted by atomic mass is 9.95. The van der Waals surface area contributed by atoms with Gasteiger partial charge in [-0.3, -0.25) is 19.4 Å². The monoisotopic (exact) mass is 568 g/mol. The van der Waals surface area contributed by atoms with Crippen LogP contribution < -0.4 is 10.6 Å². The van der Waals surface area contributed by atoms with Gasteiger partial charge in [0, 0.05) is 42.5 Å². The third kappa shape index (κ3) is 5.80. The number of carboxylic acids is 1. The third-order valence-electron chi connectivity index (χ3n) is 6.89. The third-order valence-corrected chi connectivity index (χ3v) is 7.13. The quantitative estimate of drug-likeness (QED) is 0.297. The molecule has 206 valence electrons. The Labute approximate surface area is 240 Å². The van der Waals surface area contributed by atoms with Gasteiger partial charge in [0.25, 0.3) is 11.8 Å². The Bertz CT molecular complexity index is 1660. The number of carboxylic acid groups (broad SMARTS) is 1. The van der Waals surface area contributed by atoms with E-state index in [1.165, 1.54) is 24.1 Å². The first-order chi connectivity index (χ1) is 19.7. The summed E-state index contributed by atoms with van der Waals surface area (Å²) in [6, 6.07) is 20.5. The van der Waals surface area contributed by atoms with Crippen LogP contribution in [0.1, 0.15) is 42.3 Å². The fraction of sp³-hybridized carbons (Fsp3) is 0.129. The molecule has 3 aromatic carbocycles. The Kier molecular flexibility index (Phi) is 7.80. The van der Waals surface area contributed by atoms with E-state index in [1.54, 1.807) is 66.9 Å². The topological polar surface area (TPSA) is 129 Å². The van der Waals surface area contributed by atoms with Crippen LogP contribution in [0.2, 0.25) is 5.02 Å². The van der Waals surface area contributed by atoms with Crippen LogP contribution in [0.15, 0.2) is 85.1 Å². The molecule has 1 unspecified atom stereocenters. The first-order valence-corrected chi connectivity index (χ1v) is 13.1. The van der Waals surface area contributed by atoms with Crippen molar-refractivity contribution < 1.29 is 24.3 Å². The Morgan fingerprint density at radius 1 is 1.00 bits per heavy atom. The van der Waals surface area contributed by atoms with E-state index in [0.29, 0.717) is 44.2 Å². The minimum atomic E-state index is -1.12. The highest BCUT2D eigenvalue weighted by molar-refractivity contribution is 6.31. The number of nitrogens with one attached hydrogen (secondary N) is 2. The first-order valence-electron chi connectivity index (χ1n) is 12.7. The van der Waals surface area contributed by atoms with Crippen LogP contribution in [-0.4, -0.2) is 51.8 Å². The van der Waals surface area contributed by atoms with Gasteiger partial charge >= 0.3 is 5.97 Å². The molecule has 0 aliphatic carbocycles. The Balaban J connectivity index is 1.56. The van der Waals surface area contributed by atoms with Crippen LogP contribution in [0.25, 0.3) is 11.1 Å². The number of amides is 3. The molecule has 4 aromatic rings. The van der Waals surface area contributed by atoms with Crippen molar-refractivity contribution in [3.63, 3.8) is 0 Å². The van der Waals surface area contributed by atoms with Gasteiger partial charge in [-0.25, -0.2) is 4.79 Å². The molecule has 0 saturated heterocycles. The summed E-state index contributed by atoms with van der Waals surface area (Å²) in [6.07, 6.45) is 1.79. The van der Waals surface area contributed by atoms with Crippen LogP contribution in [0, 0.1) is 0 Å². The molecule has 0 fully saturated rings. The summed E-state index contributed by atoms with van der Waals surface area (Å²) in [7, 11) is 1.53. The average molecular weight is 569 g/mol. The molecule has 0 radical (unpaired) electrons. The van der Waals surface area contributed by atoms with Crippen LogP contribution >= 0.6 is 11.6 Å². The smallest absolute Gasteiger partial charge is 0.336 e. The number of halogens is 1. The van der Waals surface area contributed by atoms with Gasteiger partial charge < -0.3 is 20.6 Å². The zero-order valence-electron chi connectivity index (χ0n) is 21.9. The molecular weight excluding hydrogens is 544 g/mol. The molecule has 3 amide bonds. The summed E-state index contributed by atoms with van der Waals surface area (Å²) in [5, 5.41) is 15.6. The highest BCUT2D eigenvalue weighted by Crippen LogP contribution is 2.31. The van der Waals surface area contributed by atoms with Gasteiger partial charge in [0.05, 0.1) is 16.8 Å². The maximum Gasteiger partial charge on any atom is 0.336 e. The van der Waals surface area contributed by atoms with Gasteiger partial charge in [-0.15, -0.1) is 0 Å². The molecule has 41 heavy (non-hydrogen) atoms. The fourth-order valence-corrected chi connectivity index (χ4v) is 4.99. The molecule has 1 atom stereocenters. The zero-order valence-corrected chi connectivity index (χ0v) is 22.7. The molecule has 10 heteroatoms. The molecular formula is C31H25ClN4O5. The molecule has 3 N–H and O–H groups in total. The van der Waals surface area contributed by atoms with E-state index >= 15 is 0 Å². The summed E-state index contributed by atoms with van der Waals surface area (Å²) >= 11 is 6.15. The van der Waals surface area contributed by atoms with Gasteiger partial charge in [-0.1, -0.05) is 35.9 Å². The van der Waals surface area contributed by atoms with E-state index in [0.717, 1.165) is 0 Å². The van der Waals surface area contributed by atoms with E-state index in [9.17, 15) is 24.3 Å². The maximum absolute atomic E-state index is 13.9. The number of hydrogen-bond acceptors (Lipinski definition) is 5. The molecule has 0 bridgehead atoms. The first kappa shape index (κ1) is 27.5. The van der Waals surface area contributed by atoms with Crippen molar-refractivity contribution in [2.75, 3.05) is 12.4 Å².